The van der Waals surface area contributed by atoms with E-state index in [9.17, 15) is 4.79 Å². The summed E-state index contributed by atoms with van der Waals surface area (Å²) in [5, 5.41) is 14.8. The van der Waals surface area contributed by atoms with Gasteiger partial charge in [0.2, 0.25) is 5.91 Å². The second-order valence-corrected chi connectivity index (χ2v) is 8.89. The van der Waals surface area contributed by atoms with E-state index in [1.807, 2.05) is 47.1 Å². The number of aromatic nitrogens is 5. The number of ether oxygens (including phenoxy) is 1. The largest absolute Gasteiger partial charge is 0.375 e. The molecule has 184 valence electrons. The number of rotatable bonds is 7. The molecule has 0 aliphatic carbocycles. The van der Waals surface area contributed by atoms with Crippen molar-refractivity contribution in [3.8, 4) is 0 Å². The number of hydrogen-bond donors (Lipinski definition) is 2. The molecular formula is C25H26N8O2S. The van der Waals surface area contributed by atoms with Gasteiger partial charge in [0.1, 0.15) is 19.3 Å². The predicted molar refractivity (Wildman–Crippen MR) is 140 cm³/mol. The minimum Gasteiger partial charge on any atom is -0.375 e. The molecule has 2 atom stereocenters. The first-order chi connectivity index (χ1) is 17.5. The van der Waals surface area contributed by atoms with Gasteiger partial charge < -0.3 is 20.3 Å². The topological polar surface area (TPSA) is 102 Å². The third kappa shape index (κ3) is 4.34. The van der Waals surface area contributed by atoms with Crippen molar-refractivity contribution in [2.75, 3.05) is 23.9 Å². The van der Waals surface area contributed by atoms with Crippen LogP contribution in [0.5, 0.6) is 0 Å². The Hall–Kier alpha value is -4.09. The van der Waals surface area contributed by atoms with E-state index in [0.717, 1.165) is 28.3 Å². The molecule has 10 nitrogen and oxygen atoms in total. The molecular weight excluding hydrogens is 476 g/mol. The summed E-state index contributed by atoms with van der Waals surface area (Å²) in [6.07, 6.45) is 5.13. The van der Waals surface area contributed by atoms with Crippen molar-refractivity contribution in [1.82, 2.24) is 29.9 Å². The normalized spacial score (nSPS) is 17.3. The second-order valence-electron chi connectivity index (χ2n) is 8.50. The highest BCUT2D eigenvalue weighted by Crippen LogP contribution is 2.43. The summed E-state index contributed by atoms with van der Waals surface area (Å²) in [6, 6.07) is 15.3. The molecule has 4 heterocycles. The van der Waals surface area contributed by atoms with E-state index in [1.165, 1.54) is 7.11 Å². The summed E-state index contributed by atoms with van der Waals surface area (Å²) in [5.41, 5.74) is 5.65. The molecule has 0 spiro atoms. The fourth-order valence-electron chi connectivity index (χ4n) is 4.71. The Labute approximate surface area is 213 Å². The Kier molecular flexibility index (Phi) is 6.49. The van der Waals surface area contributed by atoms with Gasteiger partial charge in [0.25, 0.3) is 0 Å². The van der Waals surface area contributed by atoms with Gasteiger partial charge in [0.15, 0.2) is 5.11 Å². The van der Waals surface area contributed by atoms with Crippen LogP contribution in [0.15, 0.2) is 67.4 Å². The predicted octanol–water partition coefficient (Wildman–Crippen LogP) is 3.16. The van der Waals surface area contributed by atoms with Gasteiger partial charge >= 0.3 is 0 Å². The van der Waals surface area contributed by atoms with Gasteiger partial charge in [-0.1, -0.05) is 6.07 Å². The summed E-state index contributed by atoms with van der Waals surface area (Å²) in [4.78, 5) is 18.7. The number of hydrogen-bond acceptors (Lipinski definition) is 6. The van der Waals surface area contributed by atoms with Gasteiger partial charge in [0.05, 0.1) is 17.8 Å². The molecule has 4 aromatic rings. The van der Waals surface area contributed by atoms with Crippen molar-refractivity contribution < 1.29 is 9.53 Å². The van der Waals surface area contributed by atoms with Crippen LogP contribution in [0.2, 0.25) is 0 Å². The lowest BCUT2D eigenvalue weighted by atomic mass is 9.96. The van der Waals surface area contributed by atoms with Gasteiger partial charge in [-0.05, 0) is 68.5 Å². The van der Waals surface area contributed by atoms with Gasteiger partial charge in [-0.3, -0.25) is 14.5 Å². The molecule has 0 radical (unpaired) electrons. The van der Waals surface area contributed by atoms with Crippen molar-refractivity contribution in [3.05, 3.63) is 90.0 Å². The highest BCUT2D eigenvalue weighted by molar-refractivity contribution is 7.80. The molecule has 1 aliphatic rings. The summed E-state index contributed by atoms with van der Waals surface area (Å²) in [5.74, 6) is -0.210. The van der Waals surface area contributed by atoms with Crippen LogP contribution in [0.1, 0.15) is 34.7 Å². The van der Waals surface area contributed by atoms with Crippen LogP contribution < -0.4 is 15.5 Å². The van der Waals surface area contributed by atoms with Crippen LogP contribution in [0, 0.1) is 13.8 Å². The fraction of sp³-hybridized carbons (Fsp3) is 0.240. The second kappa shape index (κ2) is 9.88. The molecule has 0 bridgehead atoms. The first kappa shape index (κ1) is 23.6. The number of thiocarbonyl (C=S) groups is 1. The number of carbonyl (C=O) groups is 1. The fourth-order valence-corrected chi connectivity index (χ4v) is 5.06. The van der Waals surface area contributed by atoms with E-state index in [2.05, 4.69) is 55.3 Å². The van der Waals surface area contributed by atoms with Crippen molar-refractivity contribution in [2.45, 2.75) is 25.9 Å². The van der Waals surface area contributed by atoms with Crippen molar-refractivity contribution in [3.63, 3.8) is 0 Å². The number of aryl methyl sites for hydroxylation is 1. The molecule has 0 saturated carbocycles. The Bertz CT molecular complexity index is 1370. The number of nitrogens with one attached hydrogen (secondary N) is 2. The average Bonchev–Trinajstić information content (AvgIpc) is 3.58. The van der Waals surface area contributed by atoms with Gasteiger partial charge in [-0.25, -0.2) is 4.68 Å². The summed E-state index contributed by atoms with van der Waals surface area (Å²) < 4.78 is 8.82. The summed E-state index contributed by atoms with van der Waals surface area (Å²) in [6.45, 7) is 4.12. The molecule has 1 saturated heterocycles. The molecule has 0 unspecified atom stereocenters. The maximum Gasteiger partial charge on any atom is 0.250 e. The number of methoxy groups -OCH3 is 1. The Morgan fingerprint density at radius 2 is 1.89 bits per heavy atom. The molecule has 1 fully saturated rings. The third-order valence-electron chi connectivity index (χ3n) is 6.19. The lowest BCUT2D eigenvalue weighted by Gasteiger charge is -2.28. The van der Waals surface area contributed by atoms with Crippen LogP contribution in [0.3, 0.4) is 0 Å². The van der Waals surface area contributed by atoms with Crippen LogP contribution in [-0.2, 0) is 9.53 Å². The molecule has 1 amide bonds. The molecule has 1 aliphatic heterocycles. The summed E-state index contributed by atoms with van der Waals surface area (Å²) in [7, 11) is 1.49. The lowest BCUT2D eigenvalue weighted by molar-refractivity contribution is -0.119. The monoisotopic (exact) mass is 502 g/mol. The zero-order valence-electron chi connectivity index (χ0n) is 20.1. The van der Waals surface area contributed by atoms with E-state index in [4.69, 9.17) is 17.0 Å². The highest BCUT2D eigenvalue weighted by Gasteiger charge is 2.42. The number of amides is 1. The van der Waals surface area contributed by atoms with E-state index in [1.54, 1.807) is 18.9 Å². The van der Waals surface area contributed by atoms with Crippen LogP contribution >= 0.6 is 12.2 Å². The molecule has 3 aromatic heterocycles. The van der Waals surface area contributed by atoms with Crippen LogP contribution in [0.25, 0.3) is 0 Å². The average molecular weight is 503 g/mol. The number of nitrogens with zero attached hydrogens (tertiary/aromatic N) is 6. The highest BCUT2D eigenvalue weighted by atomic mass is 32.1. The number of anilines is 2. The molecule has 2 N–H and O–H groups in total. The quantitative estimate of drug-likeness (QED) is 0.372. The lowest BCUT2D eigenvalue weighted by Crippen LogP contribution is -2.29. The molecule has 1 aromatic carbocycles. The van der Waals surface area contributed by atoms with Crippen molar-refractivity contribution in [1.29, 1.82) is 0 Å². The molecule has 11 heteroatoms. The zero-order valence-corrected chi connectivity index (χ0v) is 20.9. The van der Waals surface area contributed by atoms with E-state index in [-0.39, 0.29) is 24.6 Å². The number of carbonyl (C=O) groups excluding carboxylic acids is 1. The number of benzene rings is 1. The van der Waals surface area contributed by atoms with Crippen molar-refractivity contribution in [2.24, 2.45) is 0 Å². The van der Waals surface area contributed by atoms with Crippen molar-refractivity contribution >= 4 is 34.6 Å². The maximum atomic E-state index is 11.9. The zero-order chi connectivity index (χ0) is 25.2. The Morgan fingerprint density at radius 3 is 2.56 bits per heavy atom. The minimum atomic E-state index is -0.210. The van der Waals surface area contributed by atoms with Crippen LogP contribution in [-0.4, -0.2) is 49.3 Å². The first-order valence-electron chi connectivity index (χ1n) is 11.4. The van der Waals surface area contributed by atoms with E-state index in [0.29, 0.717) is 10.8 Å². The smallest absolute Gasteiger partial charge is 0.250 e. The van der Waals surface area contributed by atoms with Gasteiger partial charge in [-0.15, -0.1) is 10.2 Å². The van der Waals surface area contributed by atoms with Crippen LogP contribution in [0.4, 0.5) is 11.4 Å². The minimum absolute atomic E-state index is 0.00222. The molecule has 5 rings (SSSR count). The summed E-state index contributed by atoms with van der Waals surface area (Å²) >= 11 is 5.85. The Morgan fingerprint density at radius 1 is 1.14 bits per heavy atom. The standard InChI is InChI=1S/C25H26N8O2S/c1-16-12-20(17(2)33(16)31-14-27-28-15-31)24-23(21-6-4-5-11-26-21)30-25(36)32(24)19-9-7-18(8-10-19)29-22(34)13-35-3/h4-12,14-15,23-24H,13H2,1-3H3,(H,29,34)(H,30,36)/t23-,24+/m0/s1. The van der Waals surface area contributed by atoms with Gasteiger partial charge in [0, 0.05) is 41.6 Å². The number of pyridine rings is 1. The SMILES string of the molecule is COCC(=O)Nc1ccc(N2C(=S)N[C@@H](c3ccccn3)[C@H]2c2cc(C)n(-n3cnnc3)c2C)cc1. The van der Waals surface area contributed by atoms with E-state index >= 15 is 0 Å². The maximum absolute atomic E-state index is 11.9. The van der Waals surface area contributed by atoms with E-state index < -0.39 is 0 Å². The first-order valence-corrected chi connectivity index (χ1v) is 11.8. The third-order valence-corrected chi connectivity index (χ3v) is 6.51. The Balaban J connectivity index is 1.57. The molecule has 36 heavy (non-hydrogen) atoms. The van der Waals surface area contributed by atoms with Gasteiger partial charge in [-0.2, -0.15) is 0 Å².